The van der Waals surface area contributed by atoms with E-state index in [9.17, 15) is 0 Å². The summed E-state index contributed by atoms with van der Waals surface area (Å²) in [7, 11) is 2.00. The van der Waals surface area contributed by atoms with E-state index in [1.165, 1.54) is 11.3 Å². The molecule has 0 radical (unpaired) electrons. The molecule has 4 heteroatoms. The maximum absolute atomic E-state index is 5.77. The predicted molar refractivity (Wildman–Crippen MR) is 62.7 cm³/mol. The molecule has 0 bridgehead atoms. The Kier molecular flexibility index (Phi) is 3.60. The number of hydrogen-bond donors (Lipinski definition) is 1. The highest BCUT2D eigenvalue weighted by molar-refractivity contribution is 9.10. The second-order valence-electron chi connectivity index (χ2n) is 3.57. The lowest BCUT2D eigenvalue weighted by atomic mass is 10.0. The van der Waals surface area contributed by atoms with Crippen LogP contribution in [0.25, 0.3) is 0 Å². The van der Waals surface area contributed by atoms with E-state index in [1.54, 1.807) is 11.3 Å². The summed E-state index contributed by atoms with van der Waals surface area (Å²) < 4.78 is 6.93. The molecule has 0 amide bonds. The van der Waals surface area contributed by atoms with E-state index >= 15 is 0 Å². The molecule has 2 nitrogen and oxygen atoms in total. The summed E-state index contributed by atoms with van der Waals surface area (Å²) in [6, 6.07) is 2.17. The fraction of sp³-hybridized carbons (Fsp3) is 0.600. The average molecular weight is 276 g/mol. The number of thiophene rings is 1. The summed E-state index contributed by atoms with van der Waals surface area (Å²) in [5.74, 6) is 0.630. The van der Waals surface area contributed by atoms with Gasteiger partial charge in [-0.05, 0) is 35.5 Å². The van der Waals surface area contributed by atoms with Crippen molar-refractivity contribution in [1.82, 2.24) is 5.32 Å². The fourth-order valence-corrected chi connectivity index (χ4v) is 3.48. The molecule has 0 aromatic carbocycles. The van der Waals surface area contributed by atoms with Gasteiger partial charge in [-0.15, -0.1) is 11.3 Å². The topological polar surface area (TPSA) is 21.3 Å². The number of halogens is 1. The third-order valence-electron chi connectivity index (χ3n) is 2.55. The van der Waals surface area contributed by atoms with Crippen molar-refractivity contribution in [2.75, 3.05) is 20.2 Å². The zero-order valence-electron chi connectivity index (χ0n) is 8.13. The molecular weight excluding hydrogens is 262 g/mol. The Hall–Kier alpha value is 0.1000. The maximum Gasteiger partial charge on any atom is 0.0958 e. The zero-order valence-corrected chi connectivity index (χ0v) is 10.5. The van der Waals surface area contributed by atoms with Crippen LogP contribution in [0.3, 0.4) is 0 Å². The molecule has 2 unspecified atom stereocenters. The minimum absolute atomic E-state index is 0.304. The SMILES string of the molecule is CNCC1CCOC1c1cc(Br)cs1. The van der Waals surface area contributed by atoms with E-state index in [4.69, 9.17) is 4.74 Å². The van der Waals surface area contributed by atoms with E-state index in [0.717, 1.165) is 17.6 Å². The first kappa shape index (κ1) is 10.6. The van der Waals surface area contributed by atoms with Crippen molar-refractivity contribution < 1.29 is 4.74 Å². The quantitative estimate of drug-likeness (QED) is 0.916. The normalized spacial score (nSPS) is 27.0. The van der Waals surface area contributed by atoms with E-state index in [0.29, 0.717) is 12.0 Å². The second kappa shape index (κ2) is 4.75. The Morgan fingerprint density at radius 1 is 1.71 bits per heavy atom. The van der Waals surface area contributed by atoms with Gasteiger partial charge in [0.25, 0.3) is 0 Å². The van der Waals surface area contributed by atoms with Gasteiger partial charge in [-0.25, -0.2) is 0 Å². The van der Waals surface area contributed by atoms with Gasteiger partial charge < -0.3 is 10.1 Å². The summed E-state index contributed by atoms with van der Waals surface area (Å²) in [5, 5.41) is 5.35. The van der Waals surface area contributed by atoms with Crippen molar-refractivity contribution >= 4 is 27.3 Å². The van der Waals surface area contributed by atoms with Crippen molar-refractivity contribution in [2.24, 2.45) is 5.92 Å². The van der Waals surface area contributed by atoms with Crippen molar-refractivity contribution in [2.45, 2.75) is 12.5 Å². The first-order valence-corrected chi connectivity index (χ1v) is 6.48. The standard InChI is InChI=1S/C10H14BrNOS/c1-12-5-7-2-3-13-10(7)9-4-8(11)6-14-9/h4,6-7,10,12H,2-3,5H2,1H3. The highest BCUT2D eigenvalue weighted by atomic mass is 79.9. The van der Waals surface area contributed by atoms with Gasteiger partial charge in [0.2, 0.25) is 0 Å². The maximum atomic E-state index is 5.77. The Morgan fingerprint density at radius 3 is 3.21 bits per heavy atom. The molecule has 78 valence electrons. The smallest absolute Gasteiger partial charge is 0.0958 e. The lowest BCUT2D eigenvalue weighted by molar-refractivity contribution is 0.0938. The lowest BCUT2D eigenvalue weighted by Gasteiger charge is -2.16. The molecule has 1 aliphatic heterocycles. The van der Waals surface area contributed by atoms with Crippen LogP contribution in [-0.4, -0.2) is 20.2 Å². The first-order valence-electron chi connectivity index (χ1n) is 4.81. The molecule has 0 aliphatic carbocycles. The number of rotatable bonds is 3. The molecule has 0 saturated carbocycles. The number of nitrogens with one attached hydrogen (secondary N) is 1. The van der Waals surface area contributed by atoms with Crippen LogP contribution in [0.2, 0.25) is 0 Å². The molecular formula is C10H14BrNOS. The van der Waals surface area contributed by atoms with Gasteiger partial charge >= 0.3 is 0 Å². The fourth-order valence-electron chi connectivity index (χ4n) is 1.90. The number of ether oxygens (including phenoxy) is 1. The molecule has 2 heterocycles. The van der Waals surface area contributed by atoms with E-state index < -0.39 is 0 Å². The molecule has 1 fully saturated rings. The van der Waals surface area contributed by atoms with Gasteiger partial charge in [0, 0.05) is 33.8 Å². The van der Waals surface area contributed by atoms with Crippen LogP contribution >= 0.6 is 27.3 Å². The van der Waals surface area contributed by atoms with Crippen molar-refractivity contribution in [3.8, 4) is 0 Å². The predicted octanol–water partition coefficient (Wildman–Crippen LogP) is 2.81. The van der Waals surface area contributed by atoms with Gasteiger partial charge in [-0.1, -0.05) is 0 Å². The van der Waals surface area contributed by atoms with E-state index in [-0.39, 0.29) is 0 Å². The molecule has 14 heavy (non-hydrogen) atoms. The third kappa shape index (κ3) is 2.19. The van der Waals surface area contributed by atoms with Gasteiger partial charge in [-0.2, -0.15) is 0 Å². The summed E-state index contributed by atoms with van der Waals surface area (Å²) in [6.07, 6.45) is 1.47. The van der Waals surface area contributed by atoms with Crippen LogP contribution in [0.1, 0.15) is 17.4 Å². The largest absolute Gasteiger partial charge is 0.372 e. The molecule has 1 aliphatic rings. The van der Waals surface area contributed by atoms with Crippen LogP contribution in [-0.2, 0) is 4.74 Å². The van der Waals surface area contributed by atoms with Crippen molar-refractivity contribution in [3.05, 3.63) is 20.8 Å². The Bertz CT molecular complexity index is 302. The molecule has 0 spiro atoms. The van der Waals surface area contributed by atoms with Gasteiger partial charge in [0.1, 0.15) is 0 Å². The van der Waals surface area contributed by atoms with Crippen LogP contribution < -0.4 is 5.32 Å². The Labute approximate surface area is 96.8 Å². The van der Waals surface area contributed by atoms with Gasteiger partial charge in [0.15, 0.2) is 0 Å². The molecule has 2 atom stereocenters. The summed E-state index contributed by atoms with van der Waals surface area (Å²) >= 11 is 5.25. The minimum Gasteiger partial charge on any atom is -0.372 e. The van der Waals surface area contributed by atoms with Crippen LogP contribution in [0.4, 0.5) is 0 Å². The van der Waals surface area contributed by atoms with Crippen molar-refractivity contribution in [1.29, 1.82) is 0 Å². The highest BCUT2D eigenvalue weighted by Crippen LogP contribution is 2.38. The second-order valence-corrected chi connectivity index (χ2v) is 5.42. The van der Waals surface area contributed by atoms with Crippen LogP contribution in [0, 0.1) is 5.92 Å². The molecule has 2 rings (SSSR count). The monoisotopic (exact) mass is 275 g/mol. The van der Waals surface area contributed by atoms with Gasteiger partial charge in [0.05, 0.1) is 6.10 Å². The zero-order chi connectivity index (χ0) is 9.97. The van der Waals surface area contributed by atoms with Gasteiger partial charge in [-0.3, -0.25) is 0 Å². The number of hydrogen-bond acceptors (Lipinski definition) is 3. The minimum atomic E-state index is 0.304. The van der Waals surface area contributed by atoms with Crippen LogP contribution in [0.15, 0.2) is 15.9 Å². The van der Waals surface area contributed by atoms with Crippen LogP contribution in [0.5, 0.6) is 0 Å². The van der Waals surface area contributed by atoms with E-state index in [1.807, 2.05) is 7.05 Å². The molecule has 1 aromatic heterocycles. The molecule has 1 aromatic rings. The Balaban J connectivity index is 2.09. The summed E-state index contributed by atoms with van der Waals surface area (Å²) in [6.45, 7) is 1.94. The first-order chi connectivity index (χ1) is 6.81. The molecule has 1 saturated heterocycles. The lowest BCUT2D eigenvalue weighted by Crippen LogP contribution is -2.20. The summed E-state index contributed by atoms with van der Waals surface area (Å²) in [4.78, 5) is 1.34. The van der Waals surface area contributed by atoms with Crippen molar-refractivity contribution in [3.63, 3.8) is 0 Å². The van der Waals surface area contributed by atoms with E-state index in [2.05, 4.69) is 32.7 Å². The highest BCUT2D eigenvalue weighted by Gasteiger charge is 2.29. The third-order valence-corrected chi connectivity index (χ3v) is 4.30. The molecule has 1 N–H and O–H groups in total. The average Bonchev–Trinajstić information content (AvgIpc) is 2.74. The summed E-state index contributed by atoms with van der Waals surface area (Å²) in [5.41, 5.74) is 0. The Morgan fingerprint density at radius 2 is 2.57 bits per heavy atom.